The van der Waals surface area contributed by atoms with Gasteiger partial charge in [-0.15, -0.1) is 0 Å². The predicted molar refractivity (Wildman–Crippen MR) is 83.8 cm³/mol. The minimum atomic E-state index is 0.481. The first-order valence-corrected chi connectivity index (χ1v) is 7.59. The first kappa shape index (κ1) is 11.8. The third kappa shape index (κ3) is 1.79. The lowest BCUT2D eigenvalue weighted by Gasteiger charge is -2.23. The van der Waals surface area contributed by atoms with Crippen LogP contribution in [0.5, 0.6) is 0 Å². The highest BCUT2D eigenvalue weighted by molar-refractivity contribution is 5.48. The average Bonchev–Trinajstić information content (AvgIpc) is 2.86. The maximum Gasteiger partial charge on any atom is 0.0415 e. The molecule has 0 saturated carbocycles. The highest BCUT2D eigenvalue weighted by Crippen LogP contribution is 2.34. The van der Waals surface area contributed by atoms with Gasteiger partial charge in [0.25, 0.3) is 0 Å². The van der Waals surface area contributed by atoms with E-state index in [9.17, 15) is 0 Å². The van der Waals surface area contributed by atoms with E-state index in [4.69, 9.17) is 5.73 Å². The van der Waals surface area contributed by atoms with E-state index in [1.807, 2.05) is 6.07 Å². The van der Waals surface area contributed by atoms with Gasteiger partial charge in [-0.05, 0) is 60.6 Å². The van der Waals surface area contributed by atoms with Gasteiger partial charge in [0.15, 0.2) is 0 Å². The van der Waals surface area contributed by atoms with Crippen LogP contribution in [0.15, 0.2) is 24.3 Å². The topological polar surface area (TPSA) is 41.8 Å². The summed E-state index contributed by atoms with van der Waals surface area (Å²) in [4.78, 5) is 3.69. The van der Waals surface area contributed by atoms with Crippen molar-refractivity contribution in [1.82, 2.24) is 4.98 Å². The predicted octanol–water partition coefficient (Wildman–Crippen LogP) is 2.42. The van der Waals surface area contributed by atoms with Crippen LogP contribution < -0.4 is 16.3 Å². The summed E-state index contributed by atoms with van der Waals surface area (Å²) in [5.74, 6) is 0.481. The van der Waals surface area contributed by atoms with Crippen LogP contribution in [0.4, 0.5) is 5.69 Å². The van der Waals surface area contributed by atoms with Gasteiger partial charge in [-0.2, -0.15) is 0 Å². The SMILES string of the molecule is Nc1cccc(C2CCCc3c2[nH]c2c3=CCCC=2)c1. The summed E-state index contributed by atoms with van der Waals surface area (Å²) in [5.41, 5.74) is 11.2. The van der Waals surface area contributed by atoms with E-state index in [0.717, 1.165) is 12.1 Å². The Balaban J connectivity index is 1.89. The molecule has 0 amide bonds. The zero-order chi connectivity index (χ0) is 13.5. The summed E-state index contributed by atoms with van der Waals surface area (Å²) in [6.45, 7) is 0. The molecule has 0 fully saturated rings. The number of benzene rings is 1. The van der Waals surface area contributed by atoms with Gasteiger partial charge in [-0.25, -0.2) is 0 Å². The third-order valence-electron chi connectivity index (χ3n) is 4.65. The number of anilines is 1. The first-order chi connectivity index (χ1) is 9.83. The summed E-state index contributed by atoms with van der Waals surface area (Å²) in [6.07, 6.45) is 10.8. The van der Waals surface area contributed by atoms with E-state index in [1.54, 1.807) is 5.56 Å². The van der Waals surface area contributed by atoms with Crippen LogP contribution in [0.1, 0.15) is 48.4 Å². The van der Waals surface area contributed by atoms with E-state index in [-0.39, 0.29) is 0 Å². The van der Waals surface area contributed by atoms with E-state index in [2.05, 4.69) is 35.3 Å². The van der Waals surface area contributed by atoms with Gasteiger partial charge in [-0.1, -0.05) is 24.3 Å². The van der Waals surface area contributed by atoms with Crippen LogP contribution in [-0.2, 0) is 6.42 Å². The lowest BCUT2D eigenvalue weighted by Crippen LogP contribution is -2.27. The highest BCUT2D eigenvalue weighted by atomic mass is 14.7. The molecule has 2 nitrogen and oxygen atoms in total. The Labute approximate surface area is 119 Å². The summed E-state index contributed by atoms with van der Waals surface area (Å²) >= 11 is 0. The van der Waals surface area contributed by atoms with Crippen molar-refractivity contribution < 1.29 is 0 Å². The molecule has 2 aromatic rings. The van der Waals surface area contributed by atoms with Crippen LogP contribution in [0.25, 0.3) is 12.2 Å². The Bertz CT molecular complexity index is 767. The summed E-state index contributed by atoms with van der Waals surface area (Å²) in [5, 5.41) is 2.82. The van der Waals surface area contributed by atoms with Crippen molar-refractivity contribution in [3.63, 3.8) is 0 Å². The van der Waals surface area contributed by atoms with Gasteiger partial charge >= 0.3 is 0 Å². The fourth-order valence-electron chi connectivity index (χ4n) is 3.75. The molecule has 0 spiro atoms. The van der Waals surface area contributed by atoms with Crippen LogP contribution in [0.3, 0.4) is 0 Å². The van der Waals surface area contributed by atoms with Crippen LogP contribution in [0.2, 0.25) is 0 Å². The monoisotopic (exact) mass is 264 g/mol. The van der Waals surface area contributed by atoms with E-state index in [1.165, 1.54) is 47.5 Å². The van der Waals surface area contributed by atoms with E-state index >= 15 is 0 Å². The molecule has 2 aliphatic carbocycles. The Hall–Kier alpha value is -1.96. The van der Waals surface area contributed by atoms with E-state index < -0.39 is 0 Å². The molecule has 1 aromatic carbocycles. The highest BCUT2D eigenvalue weighted by Gasteiger charge is 2.25. The van der Waals surface area contributed by atoms with Gasteiger partial charge < -0.3 is 10.7 Å². The minimum absolute atomic E-state index is 0.481. The number of aromatic amines is 1. The van der Waals surface area contributed by atoms with Gasteiger partial charge in [0, 0.05) is 22.6 Å². The normalized spacial score (nSPS) is 20.5. The molecule has 20 heavy (non-hydrogen) atoms. The maximum atomic E-state index is 5.96. The molecular formula is C18H20N2. The molecule has 0 radical (unpaired) electrons. The number of hydrogen-bond donors (Lipinski definition) is 2. The molecule has 2 heteroatoms. The van der Waals surface area contributed by atoms with Crippen LogP contribution in [-0.4, -0.2) is 4.98 Å². The number of fused-ring (bicyclic) bond motifs is 3. The van der Waals surface area contributed by atoms with Crippen molar-refractivity contribution in [2.75, 3.05) is 5.73 Å². The molecule has 2 aliphatic rings. The second-order valence-corrected chi connectivity index (χ2v) is 5.95. The minimum Gasteiger partial charge on any atom is -0.399 e. The van der Waals surface area contributed by atoms with Crippen LogP contribution in [0, 0.1) is 0 Å². The molecule has 102 valence electrons. The summed E-state index contributed by atoms with van der Waals surface area (Å²) < 4.78 is 0. The largest absolute Gasteiger partial charge is 0.399 e. The number of aromatic nitrogens is 1. The molecule has 1 unspecified atom stereocenters. The van der Waals surface area contributed by atoms with Crippen molar-refractivity contribution in [1.29, 1.82) is 0 Å². The third-order valence-corrected chi connectivity index (χ3v) is 4.65. The standard InChI is InChI=1S/C18H20N2/c19-13-6-3-5-12(11-13)14-8-4-9-16-15-7-1-2-10-17(15)20-18(14)16/h3,5-7,10-11,14,20H,1-2,4,8-9,19H2. The first-order valence-electron chi connectivity index (χ1n) is 7.59. The summed E-state index contributed by atoms with van der Waals surface area (Å²) in [7, 11) is 0. The number of hydrogen-bond acceptors (Lipinski definition) is 1. The number of H-pyrrole nitrogens is 1. The maximum absolute atomic E-state index is 5.96. The number of nitrogens with one attached hydrogen (secondary N) is 1. The Morgan fingerprint density at radius 1 is 1.15 bits per heavy atom. The summed E-state index contributed by atoms with van der Waals surface area (Å²) in [6, 6.07) is 8.38. The number of nitrogen functional groups attached to an aromatic ring is 1. The molecule has 4 rings (SSSR count). The van der Waals surface area contributed by atoms with Crippen molar-refractivity contribution in [3.05, 3.63) is 51.7 Å². The van der Waals surface area contributed by atoms with Crippen molar-refractivity contribution in [2.24, 2.45) is 0 Å². The quantitative estimate of drug-likeness (QED) is 0.763. The van der Waals surface area contributed by atoms with Gasteiger partial charge in [-0.3, -0.25) is 0 Å². The fourth-order valence-corrected chi connectivity index (χ4v) is 3.75. The molecule has 1 aromatic heterocycles. The zero-order valence-corrected chi connectivity index (χ0v) is 11.7. The molecule has 1 atom stereocenters. The number of nitrogens with two attached hydrogens (primary N) is 1. The Morgan fingerprint density at radius 3 is 2.95 bits per heavy atom. The van der Waals surface area contributed by atoms with Gasteiger partial charge in [0.05, 0.1) is 0 Å². The fraction of sp³-hybridized carbons (Fsp3) is 0.333. The van der Waals surface area contributed by atoms with E-state index in [0.29, 0.717) is 5.92 Å². The van der Waals surface area contributed by atoms with Crippen molar-refractivity contribution in [3.8, 4) is 0 Å². The second-order valence-electron chi connectivity index (χ2n) is 5.95. The average molecular weight is 264 g/mol. The van der Waals surface area contributed by atoms with Gasteiger partial charge in [0.2, 0.25) is 0 Å². The molecule has 0 aliphatic heterocycles. The zero-order valence-electron chi connectivity index (χ0n) is 11.7. The lowest BCUT2D eigenvalue weighted by atomic mass is 9.82. The Kier molecular flexibility index (Phi) is 2.69. The van der Waals surface area contributed by atoms with Crippen molar-refractivity contribution >= 4 is 17.8 Å². The second kappa shape index (κ2) is 4.55. The molecule has 0 bridgehead atoms. The lowest BCUT2D eigenvalue weighted by molar-refractivity contribution is 0.605. The molecule has 1 heterocycles. The smallest absolute Gasteiger partial charge is 0.0415 e. The molecular weight excluding hydrogens is 244 g/mol. The van der Waals surface area contributed by atoms with Gasteiger partial charge in [0.1, 0.15) is 0 Å². The number of rotatable bonds is 1. The Morgan fingerprint density at radius 2 is 2.05 bits per heavy atom. The molecule has 3 N–H and O–H groups in total. The van der Waals surface area contributed by atoms with Crippen molar-refractivity contribution in [2.45, 2.75) is 38.0 Å². The van der Waals surface area contributed by atoms with Crippen LogP contribution >= 0.6 is 0 Å². The molecule has 0 saturated heterocycles.